The number of nitrogens with two attached hydrogens (primary N) is 1. The second kappa shape index (κ2) is 7.38. The normalized spacial score (nSPS) is 17.4. The number of primary amides is 1. The van der Waals surface area contributed by atoms with Crippen LogP contribution < -0.4 is 5.73 Å². The lowest BCUT2D eigenvalue weighted by molar-refractivity contribution is -0.152. The van der Waals surface area contributed by atoms with Crippen molar-refractivity contribution in [3.63, 3.8) is 0 Å². The zero-order chi connectivity index (χ0) is 17.8. The minimum atomic E-state index is -0.457. The molecule has 1 aliphatic rings. The first kappa shape index (κ1) is 17.0. The number of hydrogen-bond acceptors (Lipinski definition) is 4. The molecule has 7 heteroatoms. The number of para-hydroxylation sites is 1. The molecule has 1 aromatic carbocycles. The van der Waals surface area contributed by atoms with Gasteiger partial charge in [-0.3, -0.25) is 14.4 Å². The molecular weight excluding hydrogens is 322 g/mol. The fraction of sp³-hybridized carbons (Fsp3) is 0.389. The summed E-state index contributed by atoms with van der Waals surface area (Å²) in [5.41, 5.74) is 7.09. The van der Waals surface area contributed by atoms with Crippen LogP contribution in [0.4, 0.5) is 0 Å². The van der Waals surface area contributed by atoms with Crippen LogP contribution in [0.1, 0.15) is 18.4 Å². The Labute approximate surface area is 145 Å². The number of aromatic amines is 1. The summed E-state index contributed by atoms with van der Waals surface area (Å²) in [6, 6.07) is 7.67. The lowest BCUT2D eigenvalue weighted by Gasteiger charge is -2.31. The van der Waals surface area contributed by atoms with Gasteiger partial charge < -0.3 is 20.4 Å². The van der Waals surface area contributed by atoms with Crippen LogP contribution in [-0.4, -0.2) is 47.4 Å². The monoisotopic (exact) mass is 343 g/mol. The fourth-order valence-electron chi connectivity index (χ4n) is 3.15. The molecule has 3 N–H and O–H groups in total. The zero-order valence-corrected chi connectivity index (χ0v) is 13.9. The number of carbonyl (C=O) groups excluding carboxylic acids is 3. The van der Waals surface area contributed by atoms with E-state index in [4.69, 9.17) is 10.5 Å². The number of amides is 2. The Morgan fingerprint density at radius 3 is 2.88 bits per heavy atom. The first-order valence-corrected chi connectivity index (χ1v) is 8.32. The van der Waals surface area contributed by atoms with Crippen LogP contribution in [0.25, 0.3) is 10.9 Å². The molecule has 3 rings (SSSR count). The molecule has 2 aromatic rings. The number of hydrogen-bond donors (Lipinski definition) is 2. The maximum Gasteiger partial charge on any atom is 0.310 e. The van der Waals surface area contributed by atoms with Crippen molar-refractivity contribution < 1.29 is 19.1 Å². The van der Waals surface area contributed by atoms with Crippen molar-refractivity contribution in [2.75, 3.05) is 19.7 Å². The Morgan fingerprint density at radius 2 is 2.08 bits per heavy atom. The van der Waals surface area contributed by atoms with Gasteiger partial charge in [0.2, 0.25) is 5.91 Å². The third-order valence-corrected chi connectivity index (χ3v) is 4.54. The number of aromatic nitrogens is 1. The Bertz CT molecular complexity index is 798. The smallest absolute Gasteiger partial charge is 0.310 e. The zero-order valence-electron chi connectivity index (χ0n) is 13.9. The van der Waals surface area contributed by atoms with Crippen molar-refractivity contribution in [2.24, 2.45) is 11.7 Å². The molecule has 0 unspecified atom stereocenters. The number of ether oxygens (including phenoxy) is 1. The first-order chi connectivity index (χ1) is 12.0. The summed E-state index contributed by atoms with van der Waals surface area (Å²) in [5.74, 6) is -1.46. The molecule has 0 aliphatic carbocycles. The van der Waals surface area contributed by atoms with Gasteiger partial charge in [0.05, 0.1) is 12.3 Å². The van der Waals surface area contributed by atoms with E-state index in [2.05, 4.69) is 4.98 Å². The van der Waals surface area contributed by atoms with Crippen LogP contribution in [0, 0.1) is 5.92 Å². The highest BCUT2D eigenvalue weighted by molar-refractivity contribution is 5.88. The third kappa shape index (κ3) is 3.99. The van der Waals surface area contributed by atoms with Crippen LogP contribution in [-0.2, 0) is 25.5 Å². The highest BCUT2D eigenvalue weighted by atomic mass is 16.5. The van der Waals surface area contributed by atoms with E-state index in [0.717, 1.165) is 22.9 Å². The molecule has 0 bridgehead atoms. The van der Waals surface area contributed by atoms with E-state index in [0.29, 0.717) is 19.5 Å². The number of nitrogens with one attached hydrogen (secondary N) is 1. The van der Waals surface area contributed by atoms with E-state index in [1.165, 1.54) is 4.90 Å². The van der Waals surface area contributed by atoms with Crippen LogP contribution in [0.2, 0.25) is 0 Å². The van der Waals surface area contributed by atoms with Gasteiger partial charge in [0, 0.05) is 30.2 Å². The summed E-state index contributed by atoms with van der Waals surface area (Å²) in [5, 5.41) is 0.964. The average molecular weight is 343 g/mol. The molecule has 7 nitrogen and oxygen atoms in total. The van der Waals surface area contributed by atoms with Crippen molar-refractivity contribution in [3.05, 3.63) is 36.0 Å². The number of fused-ring (bicyclic) bond motifs is 1. The van der Waals surface area contributed by atoms with E-state index in [9.17, 15) is 14.4 Å². The number of benzene rings is 1. The van der Waals surface area contributed by atoms with Crippen molar-refractivity contribution in [1.82, 2.24) is 9.88 Å². The Balaban J connectivity index is 1.52. The molecule has 1 saturated heterocycles. The number of nitrogens with zero attached hydrogens (tertiary/aromatic N) is 1. The number of piperidine rings is 1. The number of carbonyl (C=O) groups is 3. The van der Waals surface area contributed by atoms with Crippen LogP contribution in [0.5, 0.6) is 0 Å². The van der Waals surface area contributed by atoms with Gasteiger partial charge in [0.25, 0.3) is 5.91 Å². The predicted octanol–water partition coefficient (Wildman–Crippen LogP) is 0.978. The number of likely N-dealkylation sites (tertiary alicyclic amines) is 1. The van der Waals surface area contributed by atoms with Crippen LogP contribution in [0.15, 0.2) is 30.5 Å². The fourth-order valence-corrected chi connectivity index (χ4v) is 3.15. The molecule has 25 heavy (non-hydrogen) atoms. The Hall–Kier alpha value is -2.83. The van der Waals surface area contributed by atoms with Crippen molar-refractivity contribution in [3.8, 4) is 0 Å². The average Bonchev–Trinajstić information content (AvgIpc) is 3.03. The van der Waals surface area contributed by atoms with Gasteiger partial charge in [-0.2, -0.15) is 0 Å². The molecule has 2 amide bonds. The van der Waals surface area contributed by atoms with Gasteiger partial charge in [0.1, 0.15) is 0 Å². The number of esters is 1. The van der Waals surface area contributed by atoms with E-state index in [1.807, 2.05) is 24.3 Å². The molecule has 0 spiro atoms. The summed E-state index contributed by atoms with van der Waals surface area (Å²) < 4.78 is 5.11. The number of rotatable bonds is 5. The third-order valence-electron chi connectivity index (χ3n) is 4.54. The largest absolute Gasteiger partial charge is 0.455 e. The van der Waals surface area contributed by atoms with Crippen molar-refractivity contribution >= 4 is 28.7 Å². The summed E-state index contributed by atoms with van der Waals surface area (Å²) >= 11 is 0. The number of H-pyrrole nitrogens is 1. The van der Waals surface area contributed by atoms with Gasteiger partial charge in [-0.25, -0.2) is 0 Å². The van der Waals surface area contributed by atoms with E-state index < -0.39 is 11.9 Å². The van der Waals surface area contributed by atoms with Gasteiger partial charge in [-0.1, -0.05) is 18.2 Å². The summed E-state index contributed by atoms with van der Waals surface area (Å²) in [6.07, 6.45) is 3.29. The summed E-state index contributed by atoms with van der Waals surface area (Å²) in [4.78, 5) is 40.1. The second-order valence-corrected chi connectivity index (χ2v) is 6.28. The maximum absolute atomic E-state index is 12.2. The van der Waals surface area contributed by atoms with Gasteiger partial charge in [-0.05, 0) is 24.5 Å². The quantitative estimate of drug-likeness (QED) is 0.789. The SMILES string of the molecule is NC(=O)[C@H]1CCCN(C(=O)COC(=O)Cc2c[nH]c3ccccc23)C1. The van der Waals surface area contributed by atoms with Gasteiger partial charge in [0.15, 0.2) is 6.61 Å². The minimum Gasteiger partial charge on any atom is -0.455 e. The van der Waals surface area contributed by atoms with E-state index >= 15 is 0 Å². The maximum atomic E-state index is 12.2. The van der Waals surface area contributed by atoms with Gasteiger partial charge in [-0.15, -0.1) is 0 Å². The molecule has 1 fully saturated rings. The molecular formula is C18H21N3O4. The second-order valence-electron chi connectivity index (χ2n) is 6.28. The molecule has 132 valence electrons. The van der Waals surface area contributed by atoms with E-state index in [1.54, 1.807) is 6.20 Å². The van der Waals surface area contributed by atoms with Crippen LogP contribution >= 0.6 is 0 Å². The van der Waals surface area contributed by atoms with Gasteiger partial charge >= 0.3 is 5.97 Å². The first-order valence-electron chi connectivity index (χ1n) is 8.32. The lowest BCUT2D eigenvalue weighted by atomic mass is 9.97. The molecule has 1 aromatic heterocycles. The molecule has 0 saturated carbocycles. The highest BCUT2D eigenvalue weighted by Gasteiger charge is 2.27. The highest BCUT2D eigenvalue weighted by Crippen LogP contribution is 2.19. The van der Waals surface area contributed by atoms with Crippen molar-refractivity contribution in [1.29, 1.82) is 0 Å². The summed E-state index contributed by atoms with van der Waals surface area (Å²) in [6.45, 7) is 0.545. The lowest BCUT2D eigenvalue weighted by Crippen LogP contribution is -2.45. The predicted molar refractivity (Wildman–Crippen MR) is 91.5 cm³/mol. The minimum absolute atomic E-state index is 0.0984. The molecule has 1 aliphatic heterocycles. The molecule has 2 heterocycles. The standard InChI is InChI=1S/C18H21N3O4/c19-18(24)12-4-3-7-21(10-12)16(22)11-25-17(23)8-13-9-20-15-6-2-1-5-14(13)15/h1-2,5-6,9,12,20H,3-4,7-8,10-11H2,(H2,19,24)/t12-/m0/s1. The molecule has 1 atom stereocenters. The van der Waals surface area contributed by atoms with Crippen molar-refractivity contribution in [2.45, 2.75) is 19.3 Å². The summed E-state index contributed by atoms with van der Waals surface area (Å²) in [7, 11) is 0. The Kier molecular flexibility index (Phi) is 5.02. The van der Waals surface area contributed by atoms with E-state index in [-0.39, 0.29) is 24.9 Å². The van der Waals surface area contributed by atoms with Crippen LogP contribution in [0.3, 0.4) is 0 Å². The molecule has 0 radical (unpaired) electrons. The Morgan fingerprint density at radius 1 is 1.28 bits per heavy atom. The topological polar surface area (TPSA) is 105 Å².